The Morgan fingerprint density at radius 1 is 1.24 bits per heavy atom. The van der Waals surface area contributed by atoms with Crippen LogP contribution in [0.25, 0.3) is 0 Å². The molecular formula is C15H26N2. The second kappa shape index (κ2) is 6.42. The van der Waals surface area contributed by atoms with Crippen molar-refractivity contribution in [1.29, 1.82) is 0 Å². The molecular weight excluding hydrogens is 208 g/mol. The monoisotopic (exact) mass is 234 g/mol. The van der Waals surface area contributed by atoms with Gasteiger partial charge in [-0.25, -0.2) is 0 Å². The third-order valence-electron chi connectivity index (χ3n) is 4.52. The molecule has 1 N–H and O–H groups in total. The molecule has 0 amide bonds. The Morgan fingerprint density at radius 2 is 1.94 bits per heavy atom. The Bertz CT molecular complexity index is 255. The maximum Gasteiger partial charge on any atom is 0.0113 e. The largest absolute Gasteiger partial charge is 0.317 e. The van der Waals surface area contributed by atoms with Gasteiger partial charge in [0.2, 0.25) is 0 Å². The van der Waals surface area contributed by atoms with E-state index in [0.29, 0.717) is 0 Å². The van der Waals surface area contributed by atoms with Crippen LogP contribution in [0.4, 0.5) is 0 Å². The highest BCUT2D eigenvalue weighted by atomic mass is 15.2. The third-order valence-corrected chi connectivity index (χ3v) is 4.52. The van der Waals surface area contributed by atoms with Crippen molar-refractivity contribution in [3.05, 3.63) is 0 Å². The van der Waals surface area contributed by atoms with Crippen LogP contribution in [0.5, 0.6) is 0 Å². The first-order valence-electron chi connectivity index (χ1n) is 7.21. The number of fused-ring (bicyclic) bond motifs is 2. The molecule has 0 saturated carbocycles. The molecule has 0 spiro atoms. The van der Waals surface area contributed by atoms with E-state index in [1.165, 1.54) is 51.5 Å². The fraction of sp³-hybridized carbons (Fsp3) is 0.867. The molecule has 0 aromatic heterocycles. The number of nitrogens with one attached hydrogen (secondary N) is 1. The topological polar surface area (TPSA) is 15.3 Å². The summed E-state index contributed by atoms with van der Waals surface area (Å²) in [7, 11) is 2.11. The molecule has 0 aromatic rings. The van der Waals surface area contributed by atoms with Gasteiger partial charge in [-0.1, -0.05) is 6.42 Å². The van der Waals surface area contributed by atoms with Crippen molar-refractivity contribution in [1.82, 2.24) is 10.2 Å². The number of piperidine rings is 2. The minimum Gasteiger partial charge on any atom is -0.317 e. The second-order valence-corrected chi connectivity index (χ2v) is 5.59. The van der Waals surface area contributed by atoms with Gasteiger partial charge in [-0.2, -0.15) is 0 Å². The summed E-state index contributed by atoms with van der Waals surface area (Å²) in [5, 5.41) is 3.48. The summed E-state index contributed by atoms with van der Waals surface area (Å²) in [5.74, 6) is 2.74. The van der Waals surface area contributed by atoms with E-state index < -0.39 is 0 Å². The van der Waals surface area contributed by atoms with Crippen LogP contribution >= 0.6 is 0 Å². The summed E-state index contributed by atoms with van der Waals surface area (Å²) in [4.78, 5) is 2.79. The van der Waals surface area contributed by atoms with E-state index >= 15 is 0 Å². The van der Waals surface area contributed by atoms with Gasteiger partial charge in [0.05, 0.1) is 0 Å². The number of nitrogens with zero attached hydrogens (tertiary/aromatic N) is 1. The summed E-state index contributed by atoms with van der Waals surface area (Å²) in [6.45, 7) is 1.27. The predicted octanol–water partition coefficient (Wildman–Crippen LogP) is 2.39. The Balaban J connectivity index is 1.83. The molecule has 2 saturated heterocycles. The lowest BCUT2D eigenvalue weighted by molar-refractivity contribution is 0.0249. The number of terminal acetylenes is 1. The van der Waals surface area contributed by atoms with E-state index in [1.54, 1.807) is 0 Å². The smallest absolute Gasteiger partial charge is 0.0113 e. The van der Waals surface area contributed by atoms with E-state index in [9.17, 15) is 0 Å². The van der Waals surface area contributed by atoms with Crippen molar-refractivity contribution in [2.75, 3.05) is 13.6 Å². The fourth-order valence-corrected chi connectivity index (χ4v) is 3.60. The van der Waals surface area contributed by atoms with Crippen LogP contribution in [0.2, 0.25) is 0 Å². The van der Waals surface area contributed by atoms with Crippen LogP contribution < -0.4 is 5.32 Å². The SMILES string of the molecule is C#CCCCCN1C2CCCC1CC(NC)C2. The lowest BCUT2D eigenvalue weighted by Crippen LogP contribution is -2.55. The average Bonchev–Trinajstić information content (AvgIpc) is 2.34. The normalized spacial score (nSPS) is 33.3. The van der Waals surface area contributed by atoms with Crippen LogP contribution in [0.1, 0.15) is 51.4 Å². The molecule has 2 rings (SSSR count). The Kier molecular flexibility index (Phi) is 4.88. The van der Waals surface area contributed by atoms with Crippen LogP contribution in [0, 0.1) is 12.3 Å². The quantitative estimate of drug-likeness (QED) is 0.580. The van der Waals surface area contributed by atoms with Crippen LogP contribution in [0.3, 0.4) is 0 Å². The molecule has 0 aliphatic carbocycles. The maximum absolute atomic E-state index is 5.30. The predicted molar refractivity (Wildman–Crippen MR) is 72.9 cm³/mol. The van der Waals surface area contributed by atoms with E-state index in [1.807, 2.05) is 0 Å². The molecule has 2 heteroatoms. The molecule has 0 aromatic carbocycles. The Labute approximate surface area is 106 Å². The molecule has 2 bridgehead atoms. The highest BCUT2D eigenvalue weighted by molar-refractivity contribution is 4.94. The maximum atomic E-state index is 5.30. The van der Waals surface area contributed by atoms with Crippen LogP contribution in [0.15, 0.2) is 0 Å². The van der Waals surface area contributed by atoms with Crippen LogP contribution in [-0.4, -0.2) is 36.6 Å². The van der Waals surface area contributed by atoms with Gasteiger partial charge in [0.25, 0.3) is 0 Å². The highest BCUT2D eigenvalue weighted by Gasteiger charge is 2.36. The van der Waals surface area contributed by atoms with Gasteiger partial charge in [-0.15, -0.1) is 12.3 Å². The summed E-state index contributed by atoms with van der Waals surface area (Å²) in [6.07, 6.45) is 15.7. The standard InChI is InChI=1S/C15H26N2/c1-3-4-5-6-10-17-14-8-7-9-15(17)12-13(11-14)16-2/h1,13-16H,4-12H2,2H3. The minimum atomic E-state index is 0.757. The zero-order valence-electron chi connectivity index (χ0n) is 11.1. The van der Waals surface area contributed by atoms with E-state index in [-0.39, 0.29) is 0 Å². The molecule has 2 aliphatic heterocycles. The van der Waals surface area contributed by atoms with Crippen LogP contribution in [-0.2, 0) is 0 Å². The van der Waals surface area contributed by atoms with Crippen molar-refractivity contribution in [3.8, 4) is 12.3 Å². The number of hydrogen-bond donors (Lipinski definition) is 1. The summed E-state index contributed by atoms with van der Waals surface area (Å²) >= 11 is 0. The Hall–Kier alpha value is -0.520. The summed E-state index contributed by atoms with van der Waals surface area (Å²) in [5.41, 5.74) is 0. The molecule has 2 aliphatic rings. The van der Waals surface area contributed by atoms with Crippen molar-refractivity contribution >= 4 is 0 Å². The summed E-state index contributed by atoms with van der Waals surface area (Å²) in [6, 6.07) is 2.43. The van der Waals surface area contributed by atoms with E-state index in [4.69, 9.17) is 6.42 Å². The molecule has 2 heterocycles. The average molecular weight is 234 g/mol. The molecule has 2 atom stereocenters. The van der Waals surface area contributed by atoms with Crippen molar-refractivity contribution in [3.63, 3.8) is 0 Å². The third kappa shape index (κ3) is 3.24. The summed E-state index contributed by atoms with van der Waals surface area (Å²) < 4.78 is 0. The lowest BCUT2D eigenvalue weighted by Gasteiger charge is -2.49. The molecule has 0 radical (unpaired) electrons. The van der Waals surface area contributed by atoms with E-state index in [0.717, 1.165) is 24.5 Å². The van der Waals surface area contributed by atoms with Gasteiger partial charge in [0, 0.05) is 24.5 Å². The first-order valence-corrected chi connectivity index (χ1v) is 7.21. The molecule has 2 fully saturated rings. The molecule has 2 unspecified atom stereocenters. The van der Waals surface area contributed by atoms with Gasteiger partial charge in [0.1, 0.15) is 0 Å². The molecule has 2 nitrogen and oxygen atoms in total. The first kappa shape index (κ1) is 12.9. The molecule has 17 heavy (non-hydrogen) atoms. The first-order chi connectivity index (χ1) is 8.35. The number of rotatable bonds is 5. The van der Waals surface area contributed by atoms with Gasteiger partial charge in [0.15, 0.2) is 0 Å². The molecule has 96 valence electrons. The lowest BCUT2D eigenvalue weighted by atomic mass is 9.81. The highest BCUT2D eigenvalue weighted by Crippen LogP contribution is 2.34. The fourth-order valence-electron chi connectivity index (χ4n) is 3.60. The zero-order valence-corrected chi connectivity index (χ0v) is 11.1. The van der Waals surface area contributed by atoms with Gasteiger partial charge < -0.3 is 5.32 Å². The van der Waals surface area contributed by atoms with E-state index in [2.05, 4.69) is 23.2 Å². The Morgan fingerprint density at radius 3 is 2.53 bits per heavy atom. The van der Waals surface area contributed by atoms with Gasteiger partial charge in [-0.05, 0) is 52.1 Å². The second-order valence-electron chi connectivity index (χ2n) is 5.59. The number of hydrogen-bond acceptors (Lipinski definition) is 2. The van der Waals surface area contributed by atoms with Gasteiger partial charge in [-0.3, -0.25) is 4.90 Å². The van der Waals surface area contributed by atoms with Crippen molar-refractivity contribution in [2.24, 2.45) is 0 Å². The van der Waals surface area contributed by atoms with Crippen molar-refractivity contribution < 1.29 is 0 Å². The number of unbranched alkanes of at least 4 members (excludes halogenated alkanes) is 2. The zero-order chi connectivity index (χ0) is 12.1. The van der Waals surface area contributed by atoms with Gasteiger partial charge >= 0.3 is 0 Å². The van der Waals surface area contributed by atoms with Crippen molar-refractivity contribution in [2.45, 2.75) is 69.5 Å². The minimum absolute atomic E-state index is 0.757.